The molecule has 1 aromatic heterocycles. The fourth-order valence-electron chi connectivity index (χ4n) is 3.80. The van der Waals surface area contributed by atoms with Crippen LogP contribution in [0.15, 0.2) is 48.5 Å². The highest BCUT2D eigenvalue weighted by atomic mass is 16.5. The largest absolute Gasteiger partial charge is 0.452 e. The van der Waals surface area contributed by atoms with Gasteiger partial charge < -0.3 is 4.74 Å². The molecule has 7 nitrogen and oxygen atoms in total. The van der Waals surface area contributed by atoms with Crippen molar-refractivity contribution in [2.75, 3.05) is 6.61 Å². The zero-order valence-corrected chi connectivity index (χ0v) is 17.2. The molecule has 3 aromatic rings. The predicted molar refractivity (Wildman–Crippen MR) is 115 cm³/mol. The Balaban J connectivity index is 1.46. The number of fused-ring (bicyclic) bond motifs is 2. The molecule has 2 N–H and O–H groups in total. The molecular formula is C24H23N3O4. The normalized spacial score (nSPS) is 12.7. The van der Waals surface area contributed by atoms with Crippen molar-refractivity contribution in [1.82, 2.24) is 15.8 Å². The molecule has 158 valence electrons. The number of hydrogen-bond donors (Lipinski definition) is 2. The lowest BCUT2D eigenvalue weighted by molar-refractivity contribution is -0.125. The summed E-state index contributed by atoms with van der Waals surface area (Å²) in [5, 5.41) is 0.739. The highest BCUT2D eigenvalue weighted by Gasteiger charge is 2.24. The average molecular weight is 417 g/mol. The second-order valence-electron chi connectivity index (χ2n) is 7.58. The van der Waals surface area contributed by atoms with Gasteiger partial charge in [0.25, 0.3) is 11.8 Å². The van der Waals surface area contributed by atoms with E-state index in [1.54, 1.807) is 30.3 Å². The van der Waals surface area contributed by atoms with E-state index in [-0.39, 0.29) is 0 Å². The summed E-state index contributed by atoms with van der Waals surface area (Å²) in [5.74, 6) is -1.63. The third-order valence-corrected chi connectivity index (χ3v) is 5.31. The third kappa shape index (κ3) is 4.55. The Bertz CT molecular complexity index is 1160. The number of rotatable bonds is 4. The number of nitrogens with zero attached hydrogens (tertiary/aromatic N) is 1. The van der Waals surface area contributed by atoms with Crippen molar-refractivity contribution in [1.29, 1.82) is 0 Å². The lowest BCUT2D eigenvalue weighted by Gasteiger charge is -2.20. The molecule has 7 heteroatoms. The first-order chi connectivity index (χ1) is 15.0. The molecule has 4 rings (SSSR count). The summed E-state index contributed by atoms with van der Waals surface area (Å²) in [7, 11) is 0. The lowest BCUT2D eigenvalue weighted by Crippen LogP contribution is -2.43. The van der Waals surface area contributed by atoms with Crippen LogP contribution in [0.2, 0.25) is 0 Å². The summed E-state index contributed by atoms with van der Waals surface area (Å²) in [6, 6.07) is 14.3. The first kappa shape index (κ1) is 20.5. The summed E-state index contributed by atoms with van der Waals surface area (Å²) >= 11 is 0. The van der Waals surface area contributed by atoms with Crippen LogP contribution in [0.25, 0.3) is 10.9 Å². The van der Waals surface area contributed by atoms with Gasteiger partial charge in [-0.25, -0.2) is 4.79 Å². The molecule has 0 saturated carbocycles. The molecule has 0 saturated heterocycles. The number of carbonyl (C=O) groups excluding carboxylic acids is 3. The van der Waals surface area contributed by atoms with Crippen LogP contribution in [0.1, 0.15) is 50.4 Å². The number of nitrogens with one attached hydrogen (secondary N) is 2. The summed E-state index contributed by atoms with van der Waals surface area (Å²) in [4.78, 5) is 41.8. The van der Waals surface area contributed by atoms with Gasteiger partial charge in [0.2, 0.25) is 0 Å². The molecular weight excluding hydrogens is 394 g/mol. The van der Waals surface area contributed by atoms with Gasteiger partial charge in [-0.1, -0.05) is 29.8 Å². The van der Waals surface area contributed by atoms with Gasteiger partial charge in [-0.15, -0.1) is 0 Å². The smallest absolute Gasteiger partial charge is 0.339 e. The van der Waals surface area contributed by atoms with Crippen LogP contribution in [0.4, 0.5) is 0 Å². The molecule has 31 heavy (non-hydrogen) atoms. The number of amides is 2. The Hall–Kier alpha value is -3.74. The second kappa shape index (κ2) is 8.95. The molecule has 0 spiro atoms. The van der Waals surface area contributed by atoms with E-state index in [9.17, 15) is 14.4 Å². The SMILES string of the molecule is Cc1ccc2nc3c(c(C(=O)OCC(=O)NNC(=O)c4ccccc4)c2c1)CCCC3. The van der Waals surface area contributed by atoms with Gasteiger partial charge in [0.05, 0.1) is 11.1 Å². The molecule has 1 aliphatic rings. The molecule has 2 amide bonds. The number of hydrogen-bond acceptors (Lipinski definition) is 5. The van der Waals surface area contributed by atoms with Gasteiger partial charge in [0.1, 0.15) is 0 Å². The highest BCUT2D eigenvalue weighted by Crippen LogP contribution is 2.30. The van der Waals surface area contributed by atoms with Gasteiger partial charge in [-0.2, -0.15) is 0 Å². The van der Waals surface area contributed by atoms with E-state index in [1.165, 1.54) is 0 Å². The number of aromatic nitrogens is 1. The van der Waals surface area contributed by atoms with Crippen molar-refractivity contribution in [3.8, 4) is 0 Å². The second-order valence-corrected chi connectivity index (χ2v) is 7.58. The van der Waals surface area contributed by atoms with Crippen LogP contribution in [0.5, 0.6) is 0 Å². The van der Waals surface area contributed by atoms with Gasteiger partial charge in [-0.05, 0) is 62.4 Å². The quantitative estimate of drug-likeness (QED) is 0.502. The van der Waals surface area contributed by atoms with Crippen molar-refractivity contribution in [2.24, 2.45) is 0 Å². The van der Waals surface area contributed by atoms with E-state index in [4.69, 9.17) is 9.72 Å². The number of aryl methyl sites for hydroxylation is 2. The van der Waals surface area contributed by atoms with Crippen molar-refractivity contribution >= 4 is 28.7 Å². The monoisotopic (exact) mass is 417 g/mol. The van der Waals surface area contributed by atoms with Crippen molar-refractivity contribution in [3.05, 3.63) is 76.5 Å². The summed E-state index contributed by atoms with van der Waals surface area (Å²) in [5.41, 5.74) is 9.07. The molecule has 0 bridgehead atoms. The first-order valence-electron chi connectivity index (χ1n) is 10.3. The van der Waals surface area contributed by atoms with E-state index >= 15 is 0 Å². The number of esters is 1. The maximum atomic E-state index is 13.0. The Kier molecular flexibility index (Phi) is 5.93. The highest BCUT2D eigenvalue weighted by molar-refractivity contribution is 6.06. The maximum absolute atomic E-state index is 13.0. The lowest BCUT2D eigenvalue weighted by atomic mass is 9.89. The fourth-order valence-corrected chi connectivity index (χ4v) is 3.80. The zero-order valence-electron chi connectivity index (χ0n) is 17.2. The van der Waals surface area contributed by atoms with E-state index in [0.29, 0.717) is 11.1 Å². The molecule has 2 aromatic carbocycles. The van der Waals surface area contributed by atoms with E-state index in [2.05, 4.69) is 10.9 Å². The first-order valence-corrected chi connectivity index (χ1v) is 10.3. The van der Waals surface area contributed by atoms with Crippen molar-refractivity contribution < 1.29 is 19.1 Å². The molecule has 0 radical (unpaired) electrons. The molecule has 1 heterocycles. The van der Waals surface area contributed by atoms with Crippen LogP contribution in [0, 0.1) is 6.92 Å². The van der Waals surface area contributed by atoms with E-state index in [0.717, 1.165) is 53.4 Å². The van der Waals surface area contributed by atoms with Gasteiger partial charge >= 0.3 is 5.97 Å². The standard InChI is InChI=1S/C24H23N3O4/c1-15-11-12-20-18(13-15)22(17-9-5-6-10-19(17)25-20)24(30)31-14-21(28)26-27-23(29)16-7-3-2-4-8-16/h2-4,7-8,11-13H,5-6,9-10,14H2,1H3,(H,26,28)(H,27,29). The fraction of sp³-hybridized carbons (Fsp3) is 0.250. The molecule has 0 fully saturated rings. The van der Waals surface area contributed by atoms with E-state index in [1.807, 2.05) is 25.1 Å². The number of carbonyl (C=O) groups is 3. The minimum atomic E-state index is -0.624. The molecule has 1 aliphatic carbocycles. The number of hydrazine groups is 1. The van der Waals surface area contributed by atoms with Crippen LogP contribution in [-0.4, -0.2) is 29.4 Å². The Labute approximate surface area is 179 Å². The maximum Gasteiger partial charge on any atom is 0.339 e. The summed E-state index contributed by atoms with van der Waals surface area (Å²) in [6.45, 7) is 1.45. The summed E-state index contributed by atoms with van der Waals surface area (Å²) in [6.07, 6.45) is 3.61. The predicted octanol–water partition coefficient (Wildman–Crippen LogP) is 3.04. The zero-order chi connectivity index (χ0) is 21.8. The van der Waals surface area contributed by atoms with Gasteiger partial charge in [0, 0.05) is 16.6 Å². The third-order valence-electron chi connectivity index (χ3n) is 5.31. The topological polar surface area (TPSA) is 97.4 Å². The van der Waals surface area contributed by atoms with Gasteiger partial charge in [0.15, 0.2) is 6.61 Å². The van der Waals surface area contributed by atoms with Crippen LogP contribution >= 0.6 is 0 Å². The van der Waals surface area contributed by atoms with E-state index < -0.39 is 24.4 Å². The Morgan fingerprint density at radius 3 is 2.58 bits per heavy atom. The van der Waals surface area contributed by atoms with Gasteiger partial charge in [-0.3, -0.25) is 25.4 Å². The van der Waals surface area contributed by atoms with Crippen LogP contribution < -0.4 is 10.9 Å². The number of benzene rings is 2. The molecule has 0 unspecified atom stereocenters. The summed E-state index contributed by atoms with van der Waals surface area (Å²) < 4.78 is 5.31. The number of ether oxygens (including phenoxy) is 1. The number of pyridine rings is 1. The van der Waals surface area contributed by atoms with Crippen molar-refractivity contribution in [3.63, 3.8) is 0 Å². The van der Waals surface area contributed by atoms with Crippen LogP contribution in [0.3, 0.4) is 0 Å². The molecule has 0 aliphatic heterocycles. The van der Waals surface area contributed by atoms with Crippen molar-refractivity contribution in [2.45, 2.75) is 32.6 Å². The average Bonchev–Trinajstić information content (AvgIpc) is 2.80. The Morgan fingerprint density at radius 1 is 1.00 bits per heavy atom. The Morgan fingerprint density at radius 2 is 1.77 bits per heavy atom. The van der Waals surface area contributed by atoms with Crippen LogP contribution in [-0.2, 0) is 22.4 Å². The minimum Gasteiger partial charge on any atom is -0.452 e. The molecule has 0 atom stereocenters. The minimum absolute atomic E-state index is 0.407.